The summed E-state index contributed by atoms with van der Waals surface area (Å²) in [6.45, 7) is 12.5. The normalized spacial score (nSPS) is 18.4. The molecular weight excluding hydrogens is 634 g/mol. The first-order chi connectivity index (χ1) is 22.3. The molecule has 1 atom stereocenters. The Morgan fingerprint density at radius 3 is 1.77 bits per heavy atom. The van der Waals surface area contributed by atoms with Gasteiger partial charge in [-0.1, -0.05) is 0 Å². The van der Waals surface area contributed by atoms with E-state index in [2.05, 4.69) is 19.9 Å². The quantitative estimate of drug-likeness (QED) is 0.133. The van der Waals surface area contributed by atoms with Crippen molar-refractivity contribution < 1.29 is 37.2 Å². The summed E-state index contributed by atoms with van der Waals surface area (Å²) in [6, 6.07) is 24.9. The standard InChI is InChI=1S/C37H42O8P2/c1-35(2)20-24-13-9-17-29(32(24)40-35)43-46-39-23-27-12-7-8-16-28(27)44-47(38,31-19-11-15-26-22-37(5,6)42-34(26)31)45-30-18-10-14-25-21-36(3,4)41-33(25)30/h7-19,38,46-47H,20-23H2,1-6H3. The van der Waals surface area contributed by atoms with Gasteiger partial charge in [0.1, 0.15) is 0 Å². The van der Waals surface area contributed by atoms with Gasteiger partial charge in [0.2, 0.25) is 0 Å². The molecular formula is C37H42O8P2. The van der Waals surface area contributed by atoms with Crippen molar-refractivity contribution in [3.05, 3.63) is 101 Å². The van der Waals surface area contributed by atoms with E-state index in [-0.39, 0.29) is 21.2 Å². The van der Waals surface area contributed by atoms with Crippen molar-refractivity contribution in [1.29, 1.82) is 0 Å². The van der Waals surface area contributed by atoms with Crippen LogP contribution in [-0.4, -0.2) is 21.7 Å². The van der Waals surface area contributed by atoms with Crippen molar-refractivity contribution >= 4 is 22.3 Å². The minimum atomic E-state index is -4.28. The summed E-state index contributed by atoms with van der Waals surface area (Å²) in [7, 11) is -4.56. The van der Waals surface area contributed by atoms with E-state index in [1.54, 1.807) is 0 Å². The SMILES string of the molecule is CC1(C)Cc2cccc(OPOCc3ccccc3O[PH](O)(Oc3cccc4c3OC(C)(C)C4)c3cccc4c3OC(C)(C)C4)c2O1. The molecule has 0 amide bonds. The van der Waals surface area contributed by atoms with Crippen molar-refractivity contribution in [1.82, 2.24) is 0 Å². The third-order valence-corrected chi connectivity index (χ3v) is 11.1. The third-order valence-electron chi connectivity index (χ3n) is 8.45. The topological polar surface area (TPSA) is 84.8 Å². The van der Waals surface area contributed by atoms with Gasteiger partial charge in [-0.3, -0.25) is 0 Å². The molecule has 8 nitrogen and oxygen atoms in total. The second-order valence-electron chi connectivity index (χ2n) is 14.3. The molecule has 0 spiro atoms. The molecule has 0 saturated heterocycles. The van der Waals surface area contributed by atoms with Crippen molar-refractivity contribution in [3.8, 4) is 34.5 Å². The zero-order valence-electron chi connectivity index (χ0n) is 27.6. The Labute approximate surface area is 278 Å². The number of ether oxygens (including phenoxy) is 3. The van der Waals surface area contributed by atoms with Gasteiger partial charge in [-0.05, 0) is 0 Å². The average molecular weight is 677 g/mol. The second-order valence-corrected chi connectivity index (χ2v) is 17.0. The van der Waals surface area contributed by atoms with Gasteiger partial charge >= 0.3 is 279 Å². The van der Waals surface area contributed by atoms with Crippen LogP contribution in [0.2, 0.25) is 0 Å². The minimum absolute atomic E-state index is 0.189. The van der Waals surface area contributed by atoms with Gasteiger partial charge < -0.3 is 0 Å². The average Bonchev–Trinajstić information content (AvgIpc) is 3.62. The molecule has 1 N–H and O–H groups in total. The van der Waals surface area contributed by atoms with Gasteiger partial charge in [-0.25, -0.2) is 0 Å². The van der Waals surface area contributed by atoms with Gasteiger partial charge in [0, 0.05) is 0 Å². The van der Waals surface area contributed by atoms with Crippen molar-refractivity contribution in [3.63, 3.8) is 0 Å². The Morgan fingerprint density at radius 2 is 1.11 bits per heavy atom. The van der Waals surface area contributed by atoms with Gasteiger partial charge in [-0.15, -0.1) is 0 Å². The first kappa shape index (κ1) is 32.0. The molecule has 47 heavy (non-hydrogen) atoms. The predicted octanol–water partition coefficient (Wildman–Crippen LogP) is 8.20. The van der Waals surface area contributed by atoms with E-state index in [9.17, 15) is 4.89 Å². The van der Waals surface area contributed by atoms with Crippen molar-refractivity contribution in [2.24, 2.45) is 0 Å². The summed E-state index contributed by atoms with van der Waals surface area (Å²) in [6.07, 6.45) is 2.26. The van der Waals surface area contributed by atoms with Crippen LogP contribution >= 0.6 is 17.0 Å². The summed E-state index contributed by atoms with van der Waals surface area (Å²) in [4.78, 5) is 12.6. The van der Waals surface area contributed by atoms with E-state index in [0.29, 0.717) is 40.5 Å². The van der Waals surface area contributed by atoms with Crippen molar-refractivity contribution in [2.75, 3.05) is 0 Å². The molecule has 0 aromatic heterocycles. The first-order valence-electron chi connectivity index (χ1n) is 16.0. The zero-order valence-corrected chi connectivity index (χ0v) is 29.6. The van der Waals surface area contributed by atoms with Gasteiger partial charge in [0.25, 0.3) is 0 Å². The number of hydrogen-bond donors (Lipinski definition) is 1. The summed E-state index contributed by atoms with van der Waals surface area (Å²) < 4.78 is 44.1. The van der Waals surface area contributed by atoms with Gasteiger partial charge in [0.05, 0.1) is 0 Å². The molecule has 10 heteroatoms. The van der Waals surface area contributed by atoms with E-state index in [1.807, 2.05) is 100 Å². The molecule has 1 unspecified atom stereocenters. The first-order valence-corrected chi connectivity index (χ1v) is 18.5. The molecule has 7 rings (SSSR count). The van der Waals surface area contributed by atoms with Gasteiger partial charge in [0.15, 0.2) is 0 Å². The van der Waals surface area contributed by atoms with Crippen LogP contribution in [0.1, 0.15) is 63.8 Å². The molecule has 0 bridgehead atoms. The molecule has 248 valence electrons. The monoisotopic (exact) mass is 676 g/mol. The number of hydrogen-bond acceptors (Lipinski definition) is 8. The number of para-hydroxylation sites is 4. The summed E-state index contributed by atoms with van der Waals surface area (Å²) in [5, 5.41) is 0.497. The van der Waals surface area contributed by atoms with E-state index < -0.39 is 19.1 Å². The van der Waals surface area contributed by atoms with Crippen molar-refractivity contribution in [2.45, 2.75) is 84.2 Å². The van der Waals surface area contributed by atoms with Crippen LogP contribution in [0.4, 0.5) is 0 Å². The van der Waals surface area contributed by atoms with Crippen LogP contribution < -0.4 is 33.1 Å². The van der Waals surface area contributed by atoms with Crippen LogP contribution in [0.3, 0.4) is 0 Å². The summed E-state index contributed by atoms with van der Waals surface area (Å²) in [5.74, 6) is 3.53. The van der Waals surface area contributed by atoms with Crippen LogP contribution in [0.15, 0.2) is 78.9 Å². The zero-order chi connectivity index (χ0) is 33.0. The number of rotatable bonds is 10. The molecule has 0 radical (unpaired) electrons. The predicted molar refractivity (Wildman–Crippen MR) is 186 cm³/mol. The summed E-state index contributed by atoms with van der Waals surface area (Å²) in [5.41, 5.74) is 2.78. The molecule has 0 fully saturated rings. The Bertz CT molecular complexity index is 1820. The Balaban J connectivity index is 1.16. The molecule has 0 aliphatic carbocycles. The van der Waals surface area contributed by atoms with Crippen LogP contribution in [0.5, 0.6) is 34.5 Å². The third kappa shape index (κ3) is 6.62. The van der Waals surface area contributed by atoms with Crippen LogP contribution in [0.25, 0.3) is 0 Å². The Hall–Kier alpha value is -3.54. The Kier molecular flexibility index (Phi) is 8.08. The maximum absolute atomic E-state index is 12.6. The number of fused-ring (bicyclic) bond motifs is 3. The second kappa shape index (κ2) is 11.9. The van der Waals surface area contributed by atoms with Crippen LogP contribution in [-0.2, 0) is 30.4 Å². The van der Waals surface area contributed by atoms with E-state index >= 15 is 0 Å². The molecule has 3 aliphatic heterocycles. The number of benzene rings is 4. The fourth-order valence-corrected chi connectivity index (χ4v) is 9.08. The van der Waals surface area contributed by atoms with E-state index in [4.69, 9.17) is 32.3 Å². The fourth-order valence-electron chi connectivity index (χ4n) is 6.53. The fraction of sp³-hybridized carbons (Fsp3) is 0.351. The molecule has 3 heterocycles. The molecule has 3 aliphatic rings. The summed E-state index contributed by atoms with van der Waals surface area (Å²) >= 11 is 0. The van der Waals surface area contributed by atoms with E-state index in [0.717, 1.165) is 40.8 Å². The maximum atomic E-state index is 12.6. The van der Waals surface area contributed by atoms with E-state index in [1.165, 1.54) is 0 Å². The molecule has 4 aromatic carbocycles. The molecule has 4 aromatic rings. The molecule has 0 saturated carbocycles. The van der Waals surface area contributed by atoms with Crippen LogP contribution in [0, 0.1) is 0 Å². The Morgan fingerprint density at radius 1 is 0.617 bits per heavy atom. The van der Waals surface area contributed by atoms with Gasteiger partial charge in [-0.2, -0.15) is 0 Å².